The first-order valence-corrected chi connectivity index (χ1v) is 7.36. The minimum atomic E-state index is -0.702. The summed E-state index contributed by atoms with van der Waals surface area (Å²) in [6.45, 7) is 8.63. The number of amides is 1. The van der Waals surface area contributed by atoms with Crippen molar-refractivity contribution in [1.82, 2.24) is 10.2 Å². The molecule has 0 spiro atoms. The van der Waals surface area contributed by atoms with Crippen molar-refractivity contribution < 1.29 is 13.9 Å². The van der Waals surface area contributed by atoms with Gasteiger partial charge in [-0.1, -0.05) is 6.07 Å². The van der Waals surface area contributed by atoms with E-state index in [1.165, 1.54) is 6.07 Å². The van der Waals surface area contributed by atoms with Gasteiger partial charge < -0.3 is 15.0 Å². The fraction of sp³-hybridized carbons (Fsp3) is 0.562. The molecule has 0 aliphatic heterocycles. The maximum Gasteiger partial charge on any atom is 0.263 e. The predicted molar refractivity (Wildman–Crippen MR) is 81.9 cm³/mol. The lowest BCUT2D eigenvalue weighted by Gasteiger charge is -2.23. The molecule has 1 N–H and O–H groups in total. The van der Waals surface area contributed by atoms with Gasteiger partial charge in [0.2, 0.25) is 0 Å². The number of hydrogen-bond acceptors (Lipinski definition) is 3. The van der Waals surface area contributed by atoms with Crippen molar-refractivity contribution >= 4 is 5.91 Å². The SMILES string of the molecule is CCN(CC)C(=O)C(C)Oc1ccc(C(C)NC)cc1F. The molecule has 0 aromatic heterocycles. The van der Waals surface area contributed by atoms with Gasteiger partial charge in [-0.25, -0.2) is 4.39 Å². The standard InChI is InChI=1S/C16H25FN2O2/c1-6-19(7-2)16(20)12(4)21-15-9-8-13(10-14(15)17)11(3)18-5/h8-12,18H,6-7H2,1-5H3. The van der Waals surface area contributed by atoms with Crippen LogP contribution in [0.15, 0.2) is 18.2 Å². The lowest BCUT2D eigenvalue weighted by molar-refractivity contribution is -0.137. The number of halogens is 1. The van der Waals surface area contributed by atoms with E-state index < -0.39 is 11.9 Å². The summed E-state index contributed by atoms with van der Waals surface area (Å²) in [5, 5.41) is 3.05. The number of nitrogens with zero attached hydrogens (tertiary/aromatic N) is 1. The average Bonchev–Trinajstić information content (AvgIpc) is 2.49. The number of ether oxygens (including phenoxy) is 1. The van der Waals surface area contributed by atoms with Crippen LogP contribution in [0, 0.1) is 5.82 Å². The molecular formula is C16H25FN2O2. The van der Waals surface area contributed by atoms with Crippen LogP contribution >= 0.6 is 0 Å². The van der Waals surface area contributed by atoms with Gasteiger partial charge in [0.25, 0.3) is 5.91 Å². The van der Waals surface area contributed by atoms with Gasteiger partial charge in [-0.15, -0.1) is 0 Å². The lowest BCUT2D eigenvalue weighted by atomic mass is 10.1. The summed E-state index contributed by atoms with van der Waals surface area (Å²) in [5.41, 5.74) is 0.838. The van der Waals surface area contributed by atoms with Crippen LogP contribution < -0.4 is 10.1 Å². The van der Waals surface area contributed by atoms with Crippen molar-refractivity contribution in [3.63, 3.8) is 0 Å². The van der Waals surface area contributed by atoms with Gasteiger partial charge >= 0.3 is 0 Å². The van der Waals surface area contributed by atoms with Crippen LogP contribution in [0.5, 0.6) is 5.75 Å². The van der Waals surface area contributed by atoms with Crippen molar-refractivity contribution in [3.05, 3.63) is 29.6 Å². The monoisotopic (exact) mass is 296 g/mol. The molecular weight excluding hydrogens is 271 g/mol. The summed E-state index contributed by atoms with van der Waals surface area (Å²) in [5.74, 6) is -0.476. The van der Waals surface area contributed by atoms with Crippen LogP contribution in [0.25, 0.3) is 0 Å². The van der Waals surface area contributed by atoms with Gasteiger partial charge in [0.05, 0.1) is 0 Å². The number of nitrogens with one attached hydrogen (secondary N) is 1. The molecule has 1 amide bonds. The van der Waals surface area contributed by atoms with E-state index in [1.54, 1.807) is 24.0 Å². The first-order valence-electron chi connectivity index (χ1n) is 7.36. The molecule has 1 aromatic rings. The normalized spacial score (nSPS) is 13.6. The Hall–Kier alpha value is -1.62. The van der Waals surface area contributed by atoms with Crippen molar-refractivity contribution in [2.24, 2.45) is 0 Å². The molecule has 2 atom stereocenters. The van der Waals surface area contributed by atoms with Gasteiger partial charge in [-0.3, -0.25) is 4.79 Å². The Labute approximate surface area is 126 Å². The summed E-state index contributed by atoms with van der Waals surface area (Å²) in [6.07, 6.45) is -0.702. The zero-order chi connectivity index (χ0) is 16.0. The van der Waals surface area contributed by atoms with Gasteiger partial charge in [-0.2, -0.15) is 0 Å². The highest BCUT2D eigenvalue weighted by molar-refractivity contribution is 5.80. The molecule has 0 saturated carbocycles. The van der Waals surface area contributed by atoms with E-state index in [0.717, 1.165) is 5.56 Å². The number of likely N-dealkylation sites (N-methyl/N-ethyl adjacent to an activating group) is 1. The van der Waals surface area contributed by atoms with Gasteiger partial charge in [-0.05, 0) is 52.4 Å². The molecule has 0 heterocycles. The number of hydrogen-bond donors (Lipinski definition) is 1. The largest absolute Gasteiger partial charge is 0.478 e. The van der Waals surface area contributed by atoms with Crippen LogP contribution in [0.1, 0.15) is 39.3 Å². The molecule has 0 saturated heterocycles. The third-order valence-corrected chi connectivity index (χ3v) is 3.62. The van der Waals surface area contributed by atoms with E-state index in [1.807, 2.05) is 27.8 Å². The number of carbonyl (C=O) groups is 1. The Morgan fingerprint density at radius 3 is 2.43 bits per heavy atom. The number of carbonyl (C=O) groups excluding carboxylic acids is 1. The molecule has 2 unspecified atom stereocenters. The minimum absolute atomic E-state index is 0.0586. The maximum absolute atomic E-state index is 14.1. The Morgan fingerprint density at radius 1 is 1.33 bits per heavy atom. The van der Waals surface area contributed by atoms with Crippen molar-refractivity contribution in [3.8, 4) is 5.75 Å². The van der Waals surface area contributed by atoms with E-state index in [2.05, 4.69) is 5.32 Å². The van der Waals surface area contributed by atoms with Crippen LogP contribution in [0.2, 0.25) is 0 Å². The van der Waals surface area contributed by atoms with Crippen molar-refractivity contribution in [2.75, 3.05) is 20.1 Å². The van der Waals surface area contributed by atoms with Crippen LogP contribution in [0.3, 0.4) is 0 Å². The number of benzene rings is 1. The zero-order valence-electron chi connectivity index (χ0n) is 13.4. The first kappa shape index (κ1) is 17.4. The molecule has 1 aromatic carbocycles. The van der Waals surface area contributed by atoms with Gasteiger partial charge in [0, 0.05) is 19.1 Å². The molecule has 4 nitrogen and oxygen atoms in total. The quantitative estimate of drug-likeness (QED) is 0.841. The fourth-order valence-electron chi connectivity index (χ4n) is 2.08. The third kappa shape index (κ3) is 4.43. The second kappa shape index (κ2) is 7.98. The molecule has 5 heteroatoms. The highest BCUT2D eigenvalue weighted by Gasteiger charge is 2.21. The predicted octanol–water partition coefficient (Wildman–Crippen LogP) is 2.74. The molecule has 0 aliphatic rings. The third-order valence-electron chi connectivity index (χ3n) is 3.62. The Kier molecular flexibility index (Phi) is 6.62. The highest BCUT2D eigenvalue weighted by atomic mass is 19.1. The second-order valence-electron chi connectivity index (χ2n) is 4.97. The average molecular weight is 296 g/mol. The molecule has 0 bridgehead atoms. The van der Waals surface area contributed by atoms with Crippen molar-refractivity contribution in [2.45, 2.75) is 39.8 Å². The summed E-state index contributed by atoms with van der Waals surface area (Å²) >= 11 is 0. The molecule has 0 radical (unpaired) electrons. The smallest absolute Gasteiger partial charge is 0.263 e. The van der Waals surface area contributed by atoms with E-state index in [4.69, 9.17) is 4.74 Å². The van der Waals surface area contributed by atoms with Gasteiger partial charge in [0.1, 0.15) is 0 Å². The summed E-state index contributed by atoms with van der Waals surface area (Å²) in [4.78, 5) is 13.8. The Bertz CT molecular complexity index is 475. The van der Waals surface area contributed by atoms with Crippen LogP contribution in [-0.2, 0) is 4.79 Å². The minimum Gasteiger partial charge on any atom is -0.478 e. The highest BCUT2D eigenvalue weighted by Crippen LogP contribution is 2.23. The van der Waals surface area contributed by atoms with E-state index in [0.29, 0.717) is 13.1 Å². The summed E-state index contributed by atoms with van der Waals surface area (Å²) < 4.78 is 19.5. The van der Waals surface area contributed by atoms with Gasteiger partial charge in [0.15, 0.2) is 17.7 Å². The van der Waals surface area contributed by atoms with E-state index in [9.17, 15) is 9.18 Å². The first-order chi connectivity index (χ1) is 9.94. The second-order valence-corrected chi connectivity index (χ2v) is 4.97. The topological polar surface area (TPSA) is 41.6 Å². The maximum atomic E-state index is 14.1. The Morgan fingerprint density at radius 2 is 1.95 bits per heavy atom. The molecule has 118 valence electrons. The zero-order valence-corrected chi connectivity index (χ0v) is 13.4. The van der Waals surface area contributed by atoms with E-state index >= 15 is 0 Å². The van der Waals surface area contributed by atoms with E-state index in [-0.39, 0.29) is 17.7 Å². The lowest BCUT2D eigenvalue weighted by Crippen LogP contribution is -2.40. The van der Waals surface area contributed by atoms with Crippen molar-refractivity contribution in [1.29, 1.82) is 0 Å². The Balaban J connectivity index is 2.81. The fourth-order valence-corrected chi connectivity index (χ4v) is 2.08. The summed E-state index contributed by atoms with van der Waals surface area (Å²) in [7, 11) is 1.82. The number of rotatable bonds is 7. The summed E-state index contributed by atoms with van der Waals surface area (Å²) in [6, 6.07) is 4.87. The molecule has 0 aliphatic carbocycles. The molecule has 0 fully saturated rings. The molecule has 1 rings (SSSR count). The van der Waals surface area contributed by atoms with Crippen LogP contribution in [-0.4, -0.2) is 37.0 Å². The molecule has 21 heavy (non-hydrogen) atoms. The van der Waals surface area contributed by atoms with Crippen LogP contribution in [0.4, 0.5) is 4.39 Å².